The zero-order valence-corrected chi connectivity index (χ0v) is 12.4. The zero-order chi connectivity index (χ0) is 15.9. The fraction of sp³-hybridized carbons (Fsp3) is 0.125. The van der Waals surface area contributed by atoms with E-state index in [2.05, 4.69) is 5.32 Å². The number of amides is 2. The van der Waals surface area contributed by atoms with Gasteiger partial charge in [-0.25, -0.2) is 4.39 Å². The Morgan fingerprint density at radius 2 is 2.09 bits per heavy atom. The highest BCUT2D eigenvalue weighted by Gasteiger charge is 2.24. The highest BCUT2D eigenvalue weighted by Crippen LogP contribution is 2.30. The average molecular weight is 319 g/mol. The minimum Gasteiger partial charge on any atom is -0.322 e. The van der Waals surface area contributed by atoms with Crippen molar-refractivity contribution < 1.29 is 14.0 Å². The van der Waals surface area contributed by atoms with Crippen molar-refractivity contribution in [3.8, 4) is 0 Å². The lowest BCUT2D eigenvalue weighted by atomic mass is 10.1. The van der Waals surface area contributed by atoms with Gasteiger partial charge in [0, 0.05) is 18.4 Å². The number of rotatable bonds is 2. The molecule has 6 heteroatoms. The van der Waals surface area contributed by atoms with Crippen LogP contribution in [0.3, 0.4) is 0 Å². The second kappa shape index (κ2) is 5.42. The number of carbonyl (C=O) groups is 2. The number of nitrogens with one attached hydrogen (secondary N) is 1. The number of fused-ring (bicyclic) bond motifs is 1. The van der Waals surface area contributed by atoms with Gasteiger partial charge in [-0.15, -0.1) is 0 Å². The Bertz CT molecular complexity index is 771. The minimum atomic E-state index is -0.680. The summed E-state index contributed by atoms with van der Waals surface area (Å²) in [7, 11) is 1.70. The summed E-state index contributed by atoms with van der Waals surface area (Å²) in [4.78, 5) is 25.4. The fourth-order valence-electron chi connectivity index (χ4n) is 2.46. The van der Waals surface area contributed by atoms with Gasteiger partial charge in [-0.3, -0.25) is 9.59 Å². The quantitative estimate of drug-likeness (QED) is 0.924. The van der Waals surface area contributed by atoms with E-state index in [9.17, 15) is 14.0 Å². The number of halogens is 2. The Labute approximate surface area is 131 Å². The molecule has 0 aromatic heterocycles. The molecular formula is C16H12ClFN2O2. The van der Waals surface area contributed by atoms with Crippen LogP contribution in [0, 0.1) is 5.82 Å². The summed E-state index contributed by atoms with van der Waals surface area (Å²) >= 11 is 5.87. The monoisotopic (exact) mass is 318 g/mol. The van der Waals surface area contributed by atoms with Crippen LogP contribution in [0.25, 0.3) is 0 Å². The SMILES string of the molecule is CN1C(=O)Cc2cc(NC(=O)c3c(F)cccc3Cl)ccc21. The Morgan fingerprint density at radius 3 is 2.82 bits per heavy atom. The van der Waals surface area contributed by atoms with E-state index in [4.69, 9.17) is 11.6 Å². The highest BCUT2D eigenvalue weighted by atomic mass is 35.5. The minimum absolute atomic E-state index is 0.00405. The first-order chi connectivity index (χ1) is 10.5. The number of carbonyl (C=O) groups excluding carboxylic acids is 2. The van der Waals surface area contributed by atoms with Gasteiger partial charge < -0.3 is 10.2 Å². The van der Waals surface area contributed by atoms with Crippen molar-refractivity contribution >= 4 is 34.8 Å². The molecule has 0 fully saturated rings. The van der Waals surface area contributed by atoms with E-state index in [0.717, 1.165) is 11.3 Å². The number of hydrogen-bond donors (Lipinski definition) is 1. The standard InChI is InChI=1S/C16H12ClFN2O2/c1-20-13-6-5-10(7-9(13)8-14(20)21)19-16(22)15-11(17)3-2-4-12(15)18/h2-7H,8H2,1H3,(H,19,22). The first-order valence-corrected chi connectivity index (χ1v) is 7.00. The summed E-state index contributed by atoms with van der Waals surface area (Å²) in [6.07, 6.45) is 0.288. The van der Waals surface area contributed by atoms with Gasteiger partial charge in [-0.05, 0) is 35.9 Å². The molecule has 0 saturated heterocycles. The van der Waals surface area contributed by atoms with Crippen molar-refractivity contribution in [1.29, 1.82) is 0 Å². The Morgan fingerprint density at radius 1 is 1.32 bits per heavy atom. The topological polar surface area (TPSA) is 49.4 Å². The molecule has 0 unspecified atom stereocenters. The van der Waals surface area contributed by atoms with Gasteiger partial charge in [-0.2, -0.15) is 0 Å². The van der Waals surface area contributed by atoms with Crippen LogP contribution in [0.1, 0.15) is 15.9 Å². The van der Waals surface area contributed by atoms with Crippen LogP contribution < -0.4 is 10.2 Å². The van der Waals surface area contributed by atoms with Crippen LogP contribution in [0.15, 0.2) is 36.4 Å². The summed E-state index contributed by atoms with van der Waals surface area (Å²) in [6.45, 7) is 0. The van der Waals surface area contributed by atoms with Crippen molar-refractivity contribution in [2.45, 2.75) is 6.42 Å². The van der Waals surface area contributed by atoms with Crippen LogP contribution >= 0.6 is 11.6 Å². The van der Waals surface area contributed by atoms with Gasteiger partial charge in [0.1, 0.15) is 5.82 Å². The summed E-state index contributed by atoms with van der Waals surface area (Å²) in [5.74, 6) is -1.31. The van der Waals surface area contributed by atoms with E-state index in [1.54, 1.807) is 30.1 Å². The third kappa shape index (κ3) is 2.44. The molecule has 0 saturated carbocycles. The molecule has 0 atom stereocenters. The molecule has 2 aromatic carbocycles. The van der Waals surface area contributed by atoms with Crippen molar-refractivity contribution in [1.82, 2.24) is 0 Å². The first kappa shape index (κ1) is 14.5. The lowest BCUT2D eigenvalue weighted by Gasteiger charge is -2.11. The van der Waals surface area contributed by atoms with Gasteiger partial charge in [0.25, 0.3) is 5.91 Å². The third-order valence-corrected chi connectivity index (χ3v) is 3.92. The molecule has 2 amide bonds. The van der Waals surface area contributed by atoms with Crippen LogP contribution in [0.5, 0.6) is 0 Å². The van der Waals surface area contributed by atoms with Crippen LogP contribution in [-0.4, -0.2) is 18.9 Å². The predicted molar refractivity (Wildman–Crippen MR) is 82.9 cm³/mol. The number of nitrogens with zero attached hydrogens (tertiary/aromatic N) is 1. The first-order valence-electron chi connectivity index (χ1n) is 6.62. The number of likely N-dealkylation sites (N-methyl/N-ethyl adjacent to an activating group) is 1. The molecule has 2 aromatic rings. The summed E-state index contributed by atoms with van der Waals surface area (Å²) in [6, 6.07) is 9.20. The molecule has 1 aliphatic rings. The van der Waals surface area contributed by atoms with Gasteiger partial charge in [0.05, 0.1) is 17.0 Å². The molecule has 0 spiro atoms. The van der Waals surface area contributed by atoms with Gasteiger partial charge >= 0.3 is 0 Å². The Hall–Kier alpha value is -2.40. The number of benzene rings is 2. The maximum atomic E-state index is 13.7. The van der Waals surface area contributed by atoms with Crippen LogP contribution in [0.2, 0.25) is 5.02 Å². The van der Waals surface area contributed by atoms with Crippen molar-refractivity contribution in [2.75, 3.05) is 17.3 Å². The van der Waals surface area contributed by atoms with Crippen molar-refractivity contribution in [3.63, 3.8) is 0 Å². The summed E-state index contributed by atoms with van der Waals surface area (Å²) in [5.41, 5.74) is 1.93. The molecule has 22 heavy (non-hydrogen) atoms. The second-order valence-electron chi connectivity index (χ2n) is 5.02. The molecule has 1 aliphatic heterocycles. The zero-order valence-electron chi connectivity index (χ0n) is 11.7. The highest BCUT2D eigenvalue weighted by molar-refractivity contribution is 6.34. The molecule has 1 N–H and O–H groups in total. The van der Waals surface area contributed by atoms with E-state index in [1.165, 1.54) is 18.2 Å². The molecule has 0 bridgehead atoms. The predicted octanol–water partition coefficient (Wildman–Crippen LogP) is 3.25. The Balaban J connectivity index is 1.87. The summed E-state index contributed by atoms with van der Waals surface area (Å²) < 4.78 is 13.7. The van der Waals surface area contributed by atoms with E-state index in [1.807, 2.05) is 0 Å². The van der Waals surface area contributed by atoms with E-state index >= 15 is 0 Å². The largest absolute Gasteiger partial charge is 0.322 e. The van der Waals surface area contributed by atoms with Gasteiger partial charge in [0.15, 0.2) is 0 Å². The van der Waals surface area contributed by atoms with Crippen LogP contribution in [0.4, 0.5) is 15.8 Å². The van der Waals surface area contributed by atoms with Crippen molar-refractivity contribution in [3.05, 3.63) is 58.4 Å². The normalized spacial score (nSPS) is 13.2. The van der Waals surface area contributed by atoms with E-state index < -0.39 is 11.7 Å². The molecular weight excluding hydrogens is 307 g/mol. The van der Waals surface area contributed by atoms with Crippen LogP contribution in [-0.2, 0) is 11.2 Å². The molecule has 4 nitrogen and oxygen atoms in total. The molecule has 0 radical (unpaired) electrons. The number of anilines is 2. The molecule has 0 aliphatic carbocycles. The molecule has 3 rings (SSSR count). The lowest BCUT2D eigenvalue weighted by Crippen LogP contribution is -2.20. The fourth-order valence-corrected chi connectivity index (χ4v) is 2.71. The lowest BCUT2D eigenvalue weighted by molar-refractivity contribution is -0.117. The second-order valence-corrected chi connectivity index (χ2v) is 5.43. The van der Waals surface area contributed by atoms with E-state index in [0.29, 0.717) is 5.69 Å². The van der Waals surface area contributed by atoms with Gasteiger partial charge in [-0.1, -0.05) is 17.7 Å². The third-order valence-electron chi connectivity index (χ3n) is 3.60. The maximum Gasteiger partial charge on any atom is 0.260 e. The maximum absolute atomic E-state index is 13.7. The van der Waals surface area contributed by atoms with Crippen molar-refractivity contribution in [2.24, 2.45) is 0 Å². The smallest absolute Gasteiger partial charge is 0.260 e. The summed E-state index contributed by atoms with van der Waals surface area (Å²) in [5, 5.41) is 2.66. The molecule has 112 valence electrons. The van der Waals surface area contributed by atoms with Gasteiger partial charge in [0.2, 0.25) is 5.91 Å². The Kier molecular flexibility index (Phi) is 3.58. The average Bonchev–Trinajstić information content (AvgIpc) is 2.73. The van der Waals surface area contributed by atoms with E-state index in [-0.39, 0.29) is 22.9 Å². The number of hydrogen-bond acceptors (Lipinski definition) is 2. The molecule has 1 heterocycles.